The molecule has 0 bridgehead atoms. The predicted molar refractivity (Wildman–Crippen MR) is 94.2 cm³/mol. The average Bonchev–Trinajstić information content (AvgIpc) is 2.92. The zero-order valence-corrected chi connectivity index (χ0v) is 15.0. The molecule has 3 atom stereocenters. The Labute approximate surface area is 145 Å². The highest BCUT2D eigenvalue weighted by Crippen LogP contribution is 2.28. The summed E-state index contributed by atoms with van der Waals surface area (Å²) in [7, 11) is 0. The minimum absolute atomic E-state index is 0.0316. The Morgan fingerprint density at radius 3 is 2.61 bits per heavy atom. The lowest BCUT2D eigenvalue weighted by Gasteiger charge is -2.30. The number of carbonyl (C=O) groups excluding carboxylic acids is 2. The molecule has 0 spiro atoms. The summed E-state index contributed by atoms with van der Waals surface area (Å²) in [6.45, 7) is 2.69. The lowest BCUT2D eigenvalue weighted by Crippen LogP contribution is -2.44. The number of amides is 2. The zero-order chi connectivity index (χ0) is 16.4. The SMILES string of the molecule is C[C@@H]1CCCC[C@@H]1NC(=O)[C@H]1CC(=O)N(c2ccc(Br)cc2)C1. The number of carbonyl (C=O) groups is 2. The monoisotopic (exact) mass is 378 g/mol. The number of benzene rings is 1. The fourth-order valence-corrected chi connectivity index (χ4v) is 3.85. The van der Waals surface area contributed by atoms with Crippen molar-refractivity contribution in [1.29, 1.82) is 0 Å². The number of hydrogen-bond acceptors (Lipinski definition) is 2. The molecule has 0 radical (unpaired) electrons. The highest BCUT2D eigenvalue weighted by Gasteiger charge is 2.36. The van der Waals surface area contributed by atoms with Gasteiger partial charge in [0.25, 0.3) is 0 Å². The summed E-state index contributed by atoms with van der Waals surface area (Å²) in [6.07, 6.45) is 4.99. The van der Waals surface area contributed by atoms with Gasteiger partial charge in [0.15, 0.2) is 0 Å². The van der Waals surface area contributed by atoms with E-state index >= 15 is 0 Å². The molecule has 2 amide bonds. The standard InChI is InChI=1S/C18H23BrN2O2/c1-12-4-2-3-5-16(12)20-18(23)13-10-17(22)21(11-13)15-8-6-14(19)7-9-15/h6-9,12-13,16H,2-5,10-11H2,1H3,(H,20,23)/t12-,13+,16+/m1/s1. The van der Waals surface area contributed by atoms with Crippen LogP contribution >= 0.6 is 15.9 Å². The Balaban J connectivity index is 1.62. The minimum Gasteiger partial charge on any atom is -0.353 e. The summed E-state index contributed by atoms with van der Waals surface area (Å²) in [5, 5.41) is 3.19. The van der Waals surface area contributed by atoms with Crippen molar-refractivity contribution >= 4 is 33.4 Å². The molecule has 3 rings (SSSR count). The van der Waals surface area contributed by atoms with Gasteiger partial charge in [0.05, 0.1) is 5.92 Å². The van der Waals surface area contributed by atoms with Gasteiger partial charge in [-0.15, -0.1) is 0 Å². The van der Waals surface area contributed by atoms with E-state index in [1.54, 1.807) is 4.90 Å². The van der Waals surface area contributed by atoms with Gasteiger partial charge in [-0.25, -0.2) is 0 Å². The molecular formula is C18H23BrN2O2. The van der Waals surface area contributed by atoms with Crippen LogP contribution in [0.3, 0.4) is 0 Å². The van der Waals surface area contributed by atoms with Gasteiger partial charge < -0.3 is 10.2 Å². The van der Waals surface area contributed by atoms with Crippen molar-refractivity contribution in [1.82, 2.24) is 5.32 Å². The Morgan fingerprint density at radius 1 is 1.22 bits per heavy atom. The van der Waals surface area contributed by atoms with Gasteiger partial charge in [0.1, 0.15) is 0 Å². The first-order chi connectivity index (χ1) is 11.0. The van der Waals surface area contributed by atoms with Crippen LogP contribution in [-0.2, 0) is 9.59 Å². The fraction of sp³-hybridized carbons (Fsp3) is 0.556. The molecule has 1 saturated heterocycles. The lowest BCUT2D eigenvalue weighted by molar-refractivity contribution is -0.127. The zero-order valence-electron chi connectivity index (χ0n) is 13.4. The highest BCUT2D eigenvalue weighted by atomic mass is 79.9. The third-order valence-electron chi connectivity index (χ3n) is 5.07. The first kappa shape index (κ1) is 16.5. The van der Waals surface area contributed by atoms with Crippen LogP contribution in [0.4, 0.5) is 5.69 Å². The maximum atomic E-state index is 12.5. The first-order valence-electron chi connectivity index (χ1n) is 8.41. The van der Waals surface area contributed by atoms with Crippen LogP contribution in [-0.4, -0.2) is 24.4 Å². The number of hydrogen-bond donors (Lipinski definition) is 1. The summed E-state index contributed by atoms with van der Waals surface area (Å²) in [6, 6.07) is 7.92. The third kappa shape index (κ3) is 3.77. The summed E-state index contributed by atoms with van der Waals surface area (Å²) in [5.74, 6) is 0.369. The van der Waals surface area contributed by atoms with Crippen LogP contribution in [0, 0.1) is 11.8 Å². The molecule has 2 aliphatic rings. The van der Waals surface area contributed by atoms with Gasteiger partial charge in [0.2, 0.25) is 11.8 Å². The Morgan fingerprint density at radius 2 is 1.91 bits per heavy atom. The molecule has 1 saturated carbocycles. The van der Waals surface area contributed by atoms with Gasteiger partial charge in [-0.1, -0.05) is 35.7 Å². The van der Waals surface area contributed by atoms with Crippen LogP contribution < -0.4 is 10.2 Å². The molecule has 1 aromatic carbocycles. The Hall–Kier alpha value is -1.36. The van der Waals surface area contributed by atoms with Crippen molar-refractivity contribution in [2.24, 2.45) is 11.8 Å². The maximum absolute atomic E-state index is 12.5. The molecule has 124 valence electrons. The van der Waals surface area contributed by atoms with Crippen molar-refractivity contribution in [2.75, 3.05) is 11.4 Å². The largest absolute Gasteiger partial charge is 0.353 e. The van der Waals surface area contributed by atoms with Gasteiger partial charge in [0, 0.05) is 29.2 Å². The van der Waals surface area contributed by atoms with E-state index in [1.807, 2.05) is 24.3 Å². The van der Waals surface area contributed by atoms with E-state index < -0.39 is 0 Å². The van der Waals surface area contributed by atoms with Gasteiger partial charge in [-0.3, -0.25) is 9.59 Å². The van der Waals surface area contributed by atoms with E-state index in [0.717, 1.165) is 16.6 Å². The average molecular weight is 379 g/mol. The van der Waals surface area contributed by atoms with Gasteiger partial charge >= 0.3 is 0 Å². The van der Waals surface area contributed by atoms with E-state index in [4.69, 9.17) is 0 Å². The normalized spacial score (nSPS) is 28.0. The van der Waals surface area contributed by atoms with Crippen molar-refractivity contribution in [3.8, 4) is 0 Å². The second-order valence-electron chi connectivity index (χ2n) is 6.76. The highest BCUT2D eigenvalue weighted by molar-refractivity contribution is 9.10. The number of rotatable bonds is 3. The van der Waals surface area contributed by atoms with E-state index in [-0.39, 0.29) is 23.8 Å². The van der Waals surface area contributed by atoms with Gasteiger partial charge in [-0.2, -0.15) is 0 Å². The molecule has 1 aliphatic heterocycles. The molecule has 1 heterocycles. The van der Waals surface area contributed by atoms with Gasteiger partial charge in [-0.05, 0) is 43.0 Å². The van der Waals surface area contributed by atoms with E-state index in [0.29, 0.717) is 18.9 Å². The second-order valence-corrected chi connectivity index (χ2v) is 7.67. The molecule has 1 N–H and O–H groups in total. The number of halogens is 1. The van der Waals surface area contributed by atoms with Crippen LogP contribution in [0.25, 0.3) is 0 Å². The summed E-state index contributed by atoms with van der Waals surface area (Å²) >= 11 is 3.40. The van der Waals surface area contributed by atoms with E-state index in [2.05, 4.69) is 28.2 Å². The first-order valence-corrected chi connectivity index (χ1v) is 9.20. The lowest BCUT2D eigenvalue weighted by atomic mass is 9.85. The third-order valence-corrected chi connectivity index (χ3v) is 5.60. The smallest absolute Gasteiger partial charge is 0.227 e. The molecule has 5 heteroatoms. The molecule has 23 heavy (non-hydrogen) atoms. The number of anilines is 1. The predicted octanol–water partition coefficient (Wildman–Crippen LogP) is 3.50. The molecule has 1 aliphatic carbocycles. The summed E-state index contributed by atoms with van der Waals surface area (Å²) < 4.78 is 0.980. The number of nitrogens with zero attached hydrogens (tertiary/aromatic N) is 1. The number of nitrogens with one attached hydrogen (secondary N) is 1. The topological polar surface area (TPSA) is 49.4 Å². The molecule has 1 aromatic rings. The second kappa shape index (κ2) is 7.04. The quantitative estimate of drug-likeness (QED) is 0.874. The summed E-state index contributed by atoms with van der Waals surface area (Å²) in [4.78, 5) is 26.5. The van der Waals surface area contributed by atoms with E-state index in [9.17, 15) is 9.59 Å². The molecule has 0 unspecified atom stereocenters. The fourth-order valence-electron chi connectivity index (χ4n) is 3.59. The van der Waals surface area contributed by atoms with Crippen LogP contribution in [0.2, 0.25) is 0 Å². The van der Waals surface area contributed by atoms with Crippen molar-refractivity contribution in [3.05, 3.63) is 28.7 Å². The van der Waals surface area contributed by atoms with Crippen molar-refractivity contribution < 1.29 is 9.59 Å². The maximum Gasteiger partial charge on any atom is 0.227 e. The molecule has 0 aromatic heterocycles. The van der Waals surface area contributed by atoms with Crippen LogP contribution in [0.5, 0.6) is 0 Å². The Bertz CT molecular complexity index is 587. The van der Waals surface area contributed by atoms with E-state index in [1.165, 1.54) is 19.3 Å². The summed E-state index contributed by atoms with van der Waals surface area (Å²) in [5.41, 5.74) is 0.861. The van der Waals surface area contributed by atoms with Crippen molar-refractivity contribution in [3.63, 3.8) is 0 Å². The molecular weight excluding hydrogens is 356 g/mol. The minimum atomic E-state index is -0.236. The molecule has 4 nitrogen and oxygen atoms in total. The Kier molecular flexibility index (Phi) is 5.05. The van der Waals surface area contributed by atoms with Crippen molar-refractivity contribution in [2.45, 2.75) is 45.1 Å². The molecule has 2 fully saturated rings. The van der Waals surface area contributed by atoms with Crippen LogP contribution in [0.1, 0.15) is 39.0 Å². The van der Waals surface area contributed by atoms with Crippen LogP contribution in [0.15, 0.2) is 28.7 Å².